The summed E-state index contributed by atoms with van der Waals surface area (Å²) in [7, 11) is 1.24. The second-order valence-corrected chi connectivity index (χ2v) is 7.30. The minimum atomic E-state index is -0.775. The highest BCUT2D eigenvalue weighted by Gasteiger charge is 2.19. The normalized spacial score (nSPS) is 10.7. The standard InChI is InChI=1S/C20H14BrClF2N2O4/c1-10-25-18(30-9-12-3-5-13(23)8-15(12)24)17(21)19(27)26(10)16-7-11(20(28)29-2)4-6-14(16)22/h3-8H,9H2,1-2H3. The highest BCUT2D eigenvalue weighted by atomic mass is 79.9. The molecule has 1 aromatic heterocycles. The highest BCUT2D eigenvalue weighted by Crippen LogP contribution is 2.26. The minimum Gasteiger partial charge on any atom is -0.472 e. The molecule has 156 valence electrons. The molecule has 0 bridgehead atoms. The van der Waals surface area contributed by atoms with E-state index in [9.17, 15) is 18.4 Å². The van der Waals surface area contributed by atoms with Crippen molar-refractivity contribution < 1.29 is 23.0 Å². The Morgan fingerprint density at radius 3 is 2.63 bits per heavy atom. The molecule has 3 aromatic rings. The molecule has 0 aliphatic rings. The summed E-state index contributed by atoms with van der Waals surface area (Å²) in [6.07, 6.45) is 0. The van der Waals surface area contributed by atoms with Crippen LogP contribution < -0.4 is 10.3 Å². The zero-order valence-corrected chi connectivity index (χ0v) is 18.1. The van der Waals surface area contributed by atoms with Gasteiger partial charge in [0, 0.05) is 11.6 Å². The van der Waals surface area contributed by atoms with E-state index in [0.717, 1.165) is 12.1 Å². The third kappa shape index (κ3) is 4.36. The number of ether oxygens (including phenoxy) is 2. The van der Waals surface area contributed by atoms with Gasteiger partial charge in [0.05, 0.1) is 23.4 Å². The Labute approximate surface area is 183 Å². The van der Waals surface area contributed by atoms with Gasteiger partial charge in [-0.25, -0.2) is 13.6 Å². The number of hydrogen-bond acceptors (Lipinski definition) is 5. The fraction of sp³-hybridized carbons (Fsp3) is 0.150. The van der Waals surface area contributed by atoms with Crippen molar-refractivity contribution >= 4 is 33.5 Å². The summed E-state index contributed by atoms with van der Waals surface area (Å²) in [6.45, 7) is 1.28. The van der Waals surface area contributed by atoms with Gasteiger partial charge in [0.15, 0.2) is 0 Å². The monoisotopic (exact) mass is 498 g/mol. The predicted octanol–water partition coefficient (Wildman–Crippen LogP) is 4.60. The van der Waals surface area contributed by atoms with Crippen molar-refractivity contribution in [1.82, 2.24) is 9.55 Å². The molecule has 0 saturated carbocycles. The molecule has 10 heteroatoms. The molecule has 0 saturated heterocycles. The van der Waals surface area contributed by atoms with Crippen LogP contribution in [0.2, 0.25) is 5.02 Å². The summed E-state index contributed by atoms with van der Waals surface area (Å²) in [4.78, 5) is 29.0. The number of methoxy groups -OCH3 is 1. The van der Waals surface area contributed by atoms with Crippen molar-refractivity contribution in [2.75, 3.05) is 7.11 Å². The molecule has 0 aliphatic carbocycles. The van der Waals surface area contributed by atoms with Crippen LogP contribution in [0.4, 0.5) is 8.78 Å². The van der Waals surface area contributed by atoms with E-state index in [0.29, 0.717) is 0 Å². The average Bonchev–Trinajstić information content (AvgIpc) is 2.71. The first-order chi connectivity index (χ1) is 14.2. The van der Waals surface area contributed by atoms with Crippen LogP contribution in [0.15, 0.2) is 45.7 Å². The van der Waals surface area contributed by atoms with Crippen molar-refractivity contribution in [3.63, 3.8) is 0 Å². The second-order valence-electron chi connectivity index (χ2n) is 6.10. The van der Waals surface area contributed by atoms with E-state index in [1.807, 2.05) is 0 Å². The van der Waals surface area contributed by atoms with Crippen molar-refractivity contribution in [2.45, 2.75) is 13.5 Å². The van der Waals surface area contributed by atoms with Crippen molar-refractivity contribution in [2.24, 2.45) is 0 Å². The Morgan fingerprint density at radius 1 is 1.23 bits per heavy atom. The number of carbonyl (C=O) groups is 1. The van der Waals surface area contributed by atoms with Gasteiger partial charge in [-0.15, -0.1) is 0 Å². The number of aromatic nitrogens is 2. The van der Waals surface area contributed by atoms with Crippen molar-refractivity contribution in [1.29, 1.82) is 0 Å². The van der Waals surface area contributed by atoms with Gasteiger partial charge < -0.3 is 9.47 Å². The Hall–Kier alpha value is -2.78. The fourth-order valence-corrected chi connectivity index (χ4v) is 3.26. The molecule has 1 heterocycles. The lowest BCUT2D eigenvalue weighted by molar-refractivity contribution is 0.0600. The lowest BCUT2D eigenvalue weighted by Crippen LogP contribution is -2.24. The summed E-state index contributed by atoms with van der Waals surface area (Å²) >= 11 is 9.37. The summed E-state index contributed by atoms with van der Waals surface area (Å²) in [5.74, 6) is -1.94. The van der Waals surface area contributed by atoms with Crippen molar-refractivity contribution in [3.8, 4) is 11.6 Å². The largest absolute Gasteiger partial charge is 0.472 e. The number of aryl methyl sites for hydroxylation is 1. The Bertz CT molecular complexity index is 1200. The van der Waals surface area contributed by atoms with Gasteiger partial charge in [-0.1, -0.05) is 11.6 Å². The second kappa shape index (κ2) is 8.93. The molecule has 0 unspecified atom stereocenters. The molecule has 0 fully saturated rings. The van der Waals surface area contributed by atoms with Gasteiger partial charge in [-0.2, -0.15) is 4.98 Å². The number of benzene rings is 2. The van der Waals surface area contributed by atoms with E-state index in [1.54, 1.807) is 6.92 Å². The summed E-state index contributed by atoms with van der Waals surface area (Å²) in [5.41, 5.74) is -0.0282. The van der Waals surface area contributed by atoms with E-state index in [1.165, 1.54) is 35.9 Å². The Morgan fingerprint density at radius 2 is 1.97 bits per heavy atom. The van der Waals surface area contributed by atoms with Crippen LogP contribution in [0.25, 0.3) is 5.69 Å². The number of hydrogen-bond donors (Lipinski definition) is 0. The first-order valence-electron chi connectivity index (χ1n) is 8.47. The lowest BCUT2D eigenvalue weighted by Gasteiger charge is -2.15. The quantitative estimate of drug-likeness (QED) is 0.480. The predicted molar refractivity (Wildman–Crippen MR) is 109 cm³/mol. The van der Waals surface area contributed by atoms with E-state index < -0.39 is 23.2 Å². The average molecular weight is 500 g/mol. The van der Waals surface area contributed by atoms with Gasteiger partial charge in [-0.05, 0) is 53.2 Å². The topological polar surface area (TPSA) is 70.4 Å². The molecule has 0 amide bonds. The van der Waals surface area contributed by atoms with E-state index in [2.05, 4.69) is 20.9 Å². The number of carbonyl (C=O) groups excluding carboxylic acids is 1. The third-order valence-electron chi connectivity index (χ3n) is 4.15. The van der Waals surface area contributed by atoms with Gasteiger partial charge in [0.1, 0.15) is 28.5 Å². The van der Waals surface area contributed by atoms with Crippen LogP contribution in [0, 0.1) is 18.6 Å². The van der Waals surface area contributed by atoms with Gasteiger partial charge in [0.25, 0.3) is 5.56 Å². The SMILES string of the molecule is COC(=O)c1ccc(Cl)c(-n2c(C)nc(OCc3ccc(F)cc3F)c(Br)c2=O)c1. The molecule has 0 spiro atoms. The highest BCUT2D eigenvalue weighted by molar-refractivity contribution is 9.10. The van der Waals surface area contributed by atoms with Gasteiger partial charge in [0.2, 0.25) is 5.88 Å². The maximum Gasteiger partial charge on any atom is 0.337 e. The zero-order chi connectivity index (χ0) is 22.0. The van der Waals surface area contributed by atoms with E-state index in [-0.39, 0.29) is 44.6 Å². The van der Waals surface area contributed by atoms with Gasteiger partial charge >= 0.3 is 5.97 Å². The number of halogens is 4. The minimum absolute atomic E-state index is 0.0323. The summed E-state index contributed by atoms with van der Waals surface area (Å²) in [5, 5.41) is 0.212. The number of nitrogens with zero attached hydrogens (tertiary/aromatic N) is 2. The Kier molecular flexibility index (Phi) is 6.52. The van der Waals surface area contributed by atoms with Crippen LogP contribution in [0.5, 0.6) is 5.88 Å². The molecule has 30 heavy (non-hydrogen) atoms. The third-order valence-corrected chi connectivity index (χ3v) is 5.15. The molecule has 6 nitrogen and oxygen atoms in total. The fourth-order valence-electron chi connectivity index (χ4n) is 2.68. The maximum absolute atomic E-state index is 13.8. The molecule has 0 aliphatic heterocycles. The van der Waals surface area contributed by atoms with E-state index >= 15 is 0 Å². The Balaban J connectivity index is 2.00. The van der Waals surface area contributed by atoms with Crippen LogP contribution in [0.3, 0.4) is 0 Å². The molecular weight excluding hydrogens is 486 g/mol. The zero-order valence-electron chi connectivity index (χ0n) is 15.7. The van der Waals surface area contributed by atoms with Crippen LogP contribution >= 0.6 is 27.5 Å². The first-order valence-corrected chi connectivity index (χ1v) is 9.64. The molecule has 3 rings (SSSR count). The lowest BCUT2D eigenvalue weighted by atomic mass is 10.2. The molecule has 0 atom stereocenters. The number of rotatable bonds is 5. The molecule has 0 radical (unpaired) electrons. The summed E-state index contributed by atoms with van der Waals surface area (Å²) in [6, 6.07) is 7.42. The first kappa shape index (κ1) is 21.9. The molecule has 0 N–H and O–H groups in total. The maximum atomic E-state index is 13.8. The summed E-state index contributed by atoms with van der Waals surface area (Å²) < 4.78 is 38.2. The van der Waals surface area contributed by atoms with Crippen molar-refractivity contribution in [3.05, 3.63) is 84.8 Å². The molecular formula is C20H14BrClF2N2O4. The van der Waals surface area contributed by atoms with Crippen LogP contribution in [-0.2, 0) is 11.3 Å². The van der Waals surface area contributed by atoms with E-state index in [4.69, 9.17) is 21.1 Å². The van der Waals surface area contributed by atoms with Gasteiger partial charge in [-0.3, -0.25) is 9.36 Å². The van der Waals surface area contributed by atoms with Crippen LogP contribution in [0.1, 0.15) is 21.7 Å². The molecule has 2 aromatic carbocycles. The van der Waals surface area contributed by atoms with Crippen LogP contribution in [-0.4, -0.2) is 22.6 Å². The number of esters is 1. The smallest absolute Gasteiger partial charge is 0.337 e.